The number of nitriles is 1. The average Bonchev–Trinajstić information content (AvgIpc) is 3.24. The summed E-state index contributed by atoms with van der Waals surface area (Å²) < 4.78 is 5.33. The third kappa shape index (κ3) is 4.15. The number of pyridine rings is 1. The Morgan fingerprint density at radius 3 is 2.61 bits per heavy atom. The molecule has 0 fully saturated rings. The highest BCUT2D eigenvalue weighted by Gasteiger charge is 2.21. The predicted octanol–water partition coefficient (Wildman–Crippen LogP) is 4.94. The highest BCUT2D eigenvalue weighted by atomic mass is 32.1. The van der Waals surface area contributed by atoms with Crippen LogP contribution in [-0.2, 0) is 9.53 Å². The standard InChI is InChI=1S/C24H17N3O3S/c1-15-21(24(29)30-14-20(28)27-23-17(13-25)11-12-31-23)18-9-5-6-10-19(18)26-22(15)16-7-3-2-4-8-16/h2-12H,14H2,1H3,(H,27,28). The van der Waals surface area contributed by atoms with Crippen LogP contribution < -0.4 is 5.32 Å². The number of aromatic nitrogens is 1. The topological polar surface area (TPSA) is 92.1 Å². The van der Waals surface area contributed by atoms with Crippen LogP contribution >= 0.6 is 11.3 Å². The van der Waals surface area contributed by atoms with E-state index in [2.05, 4.69) is 5.32 Å². The summed E-state index contributed by atoms with van der Waals surface area (Å²) in [6.07, 6.45) is 0. The predicted molar refractivity (Wildman–Crippen MR) is 120 cm³/mol. The third-order valence-corrected chi connectivity index (χ3v) is 5.59. The summed E-state index contributed by atoms with van der Waals surface area (Å²) in [5.74, 6) is -1.11. The van der Waals surface area contributed by atoms with Crippen molar-refractivity contribution in [3.8, 4) is 17.3 Å². The van der Waals surface area contributed by atoms with Crippen molar-refractivity contribution in [2.75, 3.05) is 11.9 Å². The molecule has 0 saturated heterocycles. The van der Waals surface area contributed by atoms with Crippen molar-refractivity contribution >= 4 is 39.1 Å². The van der Waals surface area contributed by atoms with Crippen LogP contribution in [0.15, 0.2) is 66.0 Å². The molecule has 0 saturated carbocycles. The van der Waals surface area contributed by atoms with Crippen LogP contribution in [0.4, 0.5) is 5.00 Å². The Labute approximate surface area is 182 Å². The quantitative estimate of drug-likeness (QED) is 0.456. The molecular formula is C24H17N3O3S. The van der Waals surface area contributed by atoms with Gasteiger partial charge in [-0.25, -0.2) is 9.78 Å². The van der Waals surface area contributed by atoms with E-state index in [0.29, 0.717) is 38.3 Å². The van der Waals surface area contributed by atoms with Gasteiger partial charge in [0.25, 0.3) is 5.91 Å². The number of carbonyl (C=O) groups is 2. The Hall–Kier alpha value is -4.02. The second-order valence-corrected chi connectivity index (χ2v) is 7.66. The number of fused-ring (bicyclic) bond motifs is 1. The summed E-state index contributed by atoms with van der Waals surface area (Å²) in [5, 5.41) is 14.5. The van der Waals surface area contributed by atoms with E-state index in [1.807, 2.05) is 67.6 Å². The molecule has 0 aliphatic carbocycles. The molecule has 4 aromatic rings. The fourth-order valence-electron chi connectivity index (χ4n) is 3.31. The molecule has 2 heterocycles. The lowest BCUT2D eigenvalue weighted by molar-refractivity contribution is -0.119. The van der Waals surface area contributed by atoms with E-state index in [9.17, 15) is 9.59 Å². The van der Waals surface area contributed by atoms with Crippen molar-refractivity contribution in [2.45, 2.75) is 6.92 Å². The van der Waals surface area contributed by atoms with Crippen LogP contribution in [0.25, 0.3) is 22.2 Å². The Morgan fingerprint density at radius 2 is 1.84 bits per heavy atom. The van der Waals surface area contributed by atoms with Crippen molar-refractivity contribution in [2.24, 2.45) is 0 Å². The van der Waals surface area contributed by atoms with Crippen LogP contribution in [0, 0.1) is 18.3 Å². The molecule has 1 amide bonds. The van der Waals surface area contributed by atoms with Crippen LogP contribution in [-0.4, -0.2) is 23.5 Å². The number of hydrogen-bond acceptors (Lipinski definition) is 6. The number of nitrogens with zero attached hydrogens (tertiary/aromatic N) is 2. The van der Waals surface area contributed by atoms with Gasteiger partial charge in [-0.05, 0) is 30.0 Å². The van der Waals surface area contributed by atoms with E-state index in [1.165, 1.54) is 11.3 Å². The van der Waals surface area contributed by atoms with Crippen LogP contribution in [0.1, 0.15) is 21.5 Å². The number of nitrogens with one attached hydrogen (secondary N) is 1. The van der Waals surface area contributed by atoms with Crippen molar-refractivity contribution in [3.63, 3.8) is 0 Å². The molecule has 2 aromatic heterocycles. The Balaban J connectivity index is 1.62. The fourth-order valence-corrected chi connectivity index (χ4v) is 4.06. The van der Waals surface area contributed by atoms with Crippen molar-refractivity contribution in [1.29, 1.82) is 5.26 Å². The number of thiophene rings is 1. The van der Waals surface area contributed by atoms with Gasteiger partial charge in [0.2, 0.25) is 0 Å². The molecule has 1 N–H and O–H groups in total. The lowest BCUT2D eigenvalue weighted by Crippen LogP contribution is -2.21. The van der Waals surface area contributed by atoms with Crippen molar-refractivity contribution in [3.05, 3.63) is 82.7 Å². The lowest BCUT2D eigenvalue weighted by atomic mass is 9.98. The first kappa shape index (κ1) is 20.3. The van der Waals surface area contributed by atoms with E-state index in [1.54, 1.807) is 11.4 Å². The molecule has 0 bridgehead atoms. The van der Waals surface area contributed by atoms with Crippen molar-refractivity contribution < 1.29 is 14.3 Å². The Bertz CT molecular complexity index is 1320. The first-order valence-electron chi connectivity index (χ1n) is 9.48. The van der Waals surface area contributed by atoms with E-state index in [0.717, 1.165) is 5.56 Å². The first-order chi connectivity index (χ1) is 15.1. The molecule has 152 valence electrons. The van der Waals surface area contributed by atoms with Crippen LogP contribution in [0.5, 0.6) is 0 Å². The minimum Gasteiger partial charge on any atom is -0.452 e. The zero-order valence-corrected chi connectivity index (χ0v) is 17.4. The van der Waals surface area contributed by atoms with Gasteiger partial charge in [0, 0.05) is 10.9 Å². The molecule has 0 unspecified atom stereocenters. The molecule has 0 radical (unpaired) electrons. The van der Waals surface area contributed by atoms with E-state index >= 15 is 0 Å². The largest absolute Gasteiger partial charge is 0.452 e. The molecule has 31 heavy (non-hydrogen) atoms. The molecule has 6 nitrogen and oxygen atoms in total. The number of benzene rings is 2. The maximum absolute atomic E-state index is 13.0. The molecule has 7 heteroatoms. The number of esters is 1. The number of hydrogen-bond donors (Lipinski definition) is 1. The summed E-state index contributed by atoms with van der Waals surface area (Å²) in [4.78, 5) is 30.0. The van der Waals surface area contributed by atoms with Gasteiger partial charge in [0.05, 0.1) is 22.3 Å². The second kappa shape index (κ2) is 8.78. The Morgan fingerprint density at radius 1 is 1.10 bits per heavy atom. The SMILES string of the molecule is Cc1c(-c2ccccc2)nc2ccccc2c1C(=O)OCC(=O)Nc1sccc1C#N. The molecule has 2 aromatic carbocycles. The van der Waals surface area contributed by atoms with Gasteiger partial charge in [0.1, 0.15) is 11.1 Å². The fraction of sp³-hybridized carbons (Fsp3) is 0.0833. The Kier molecular flexibility index (Phi) is 5.74. The summed E-state index contributed by atoms with van der Waals surface area (Å²) in [6.45, 7) is 1.36. The van der Waals surface area contributed by atoms with Gasteiger partial charge in [0.15, 0.2) is 6.61 Å². The highest BCUT2D eigenvalue weighted by Crippen LogP contribution is 2.30. The summed E-state index contributed by atoms with van der Waals surface area (Å²) in [7, 11) is 0. The molecule has 0 spiro atoms. The number of amides is 1. The molecule has 0 atom stereocenters. The third-order valence-electron chi connectivity index (χ3n) is 4.76. The molecule has 0 aliphatic rings. The second-order valence-electron chi connectivity index (χ2n) is 6.74. The number of ether oxygens (including phenoxy) is 1. The van der Waals surface area contributed by atoms with Gasteiger partial charge in [-0.15, -0.1) is 11.3 Å². The molecular weight excluding hydrogens is 410 g/mol. The zero-order chi connectivity index (χ0) is 21.8. The highest BCUT2D eigenvalue weighted by molar-refractivity contribution is 7.14. The normalized spacial score (nSPS) is 10.5. The maximum atomic E-state index is 13.0. The number of para-hydroxylation sites is 1. The van der Waals surface area contributed by atoms with Crippen LogP contribution in [0.2, 0.25) is 0 Å². The lowest BCUT2D eigenvalue weighted by Gasteiger charge is -2.14. The zero-order valence-electron chi connectivity index (χ0n) is 16.6. The summed E-state index contributed by atoms with van der Waals surface area (Å²) in [6, 6.07) is 20.6. The van der Waals surface area contributed by atoms with Gasteiger partial charge >= 0.3 is 5.97 Å². The molecule has 0 aliphatic heterocycles. The van der Waals surface area contributed by atoms with E-state index < -0.39 is 18.5 Å². The van der Waals surface area contributed by atoms with Crippen molar-refractivity contribution in [1.82, 2.24) is 4.98 Å². The first-order valence-corrected chi connectivity index (χ1v) is 10.4. The maximum Gasteiger partial charge on any atom is 0.339 e. The van der Waals surface area contributed by atoms with Gasteiger partial charge in [-0.1, -0.05) is 48.5 Å². The monoisotopic (exact) mass is 427 g/mol. The van der Waals surface area contributed by atoms with E-state index in [4.69, 9.17) is 15.0 Å². The molecule has 4 rings (SSSR count). The minimum atomic E-state index is -0.602. The number of anilines is 1. The average molecular weight is 427 g/mol. The number of carbonyl (C=O) groups excluding carboxylic acids is 2. The summed E-state index contributed by atoms with van der Waals surface area (Å²) in [5.41, 5.74) is 3.67. The van der Waals surface area contributed by atoms with Crippen LogP contribution in [0.3, 0.4) is 0 Å². The summed E-state index contributed by atoms with van der Waals surface area (Å²) >= 11 is 1.23. The minimum absolute atomic E-state index is 0.369. The van der Waals surface area contributed by atoms with Gasteiger partial charge in [-0.3, -0.25) is 4.79 Å². The van der Waals surface area contributed by atoms with Gasteiger partial charge in [-0.2, -0.15) is 5.26 Å². The number of rotatable bonds is 5. The smallest absolute Gasteiger partial charge is 0.339 e. The van der Waals surface area contributed by atoms with Gasteiger partial charge < -0.3 is 10.1 Å². The van der Waals surface area contributed by atoms with E-state index in [-0.39, 0.29) is 0 Å².